The van der Waals surface area contributed by atoms with Crippen LogP contribution in [0.4, 0.5) is 0 Å². The summed E-state index contributed by atoms with van der Waals surface area (Å²) in [5, 5.41) is 0. The third-order valence-corrected chi connectivity index (χ3v) is 7.49. The molecule has 0 spiro atoms. The van der Waals surface area contributed by atoms with Gasteiger partial charge >= 0.3 is 8.72 Å². The maximum atomic E-state index is 5.85. The first-order valence-corrected chi connectivity index (χ1v) is 9.11. The SMILES string of the molecule is CCCCCC[Si](OC)(OC)N1CCCCC1. The summed E-state index contributed by atoms with van der Waals surface area (Å²) in [5.41, 5.74) is 0. The zero-order valence-corrected chi connectivity index (χ0v) is 12.8. The first-order valence-electron chi connectivity index (χ1n) is 7.14. The van der Waals surface area contributed by atoms with E-state index in [4.69, 9.17) is 8.85 Å². The average Bonchev–Trinajstić information content (AvgIpc) is 2.41. The molecule has 1 fully saturated rings. The van der Waals surface area contributed by atoms with Crippen molar-refractivity contribution in [2.45, 2.75) is 57.9 Å². The van der Waals surface area contributed by atoms with Crippen molar-refractivity contribution in [3.05, 3.63) is 0 Å². The van der Waals surface area contributed by atoms with Crippen LogP contribution in [0.1, 0.15) is 51.9 Å². The summed E-state index contributed by atoms with van der Waals surface area (Å²) in [6.45, 7) is 4.59. The van der Waals surface area contributed by atoms with E-state index >= 15 is 0 Å². The van der Waals surface area contributed by atoms with E-state index in [1.165, 1.54) is 58.0 Å². The zero-order chi connectivity index (χ0) is 12.6. The molecule has 0 bridgehead atoms. The number of hydrogen-bond acceptors (Lipinski definition) is 3. The molecule has 1 aliphatic rings. The summed E-state index contributed by atoms with van der Waals surface area (Å²) in [5.74, 6) is 0. The Bertz CT molecular complexity index is 192. The van der Waals surface area contributed by atoms with Crippen LogP contribution >= 0.6 is 0 Å². The van der Waals surface area contributed by atoms with Gasteiger partial charge < -0.3 is 8.85 Å². The molecule has 1 saturated heterocycles. The minimum Gasteiger partial charge on any atom is -0.386 e. The van der Waals surface area contributed by atoms with E-state index in [0.29, 0.717) is 0 Å². The maximum Gasteiger partial charge on any atom is 0.427 e. The summed E-state index contributed by atoms with van der Waals surface area (Å²) in [4.78, 5) is 0. The van der Waals surface area contributed by atoms with Crippen LogP contribution in [-0.4, -0.2) is 40.6 Å². The minimum atomic E-state index is -2.06. The maximum absolute atomic E-state index is 5.85. The van der Waals surface area contributed by atoms with E-state index in [0.717, 1.165) is 6.04 Å². The third-order valence-electron chi connectivity index (χ3n) is 3.82. The fraction of sp³-hybridized carbons (Fsp3) is 1.00. The van der Waals surface area contributed by atoms with Crippen LogP contribution in [0.15, 0.2) is 0 Å². The van der Waals surface area contributed by atoms with Crippen molar-refractivity contribution in [2.24, 2.45) is 0 Å². The van der Waals surface area contributed by atoms with Crippen LogP contribution in [0.5, 0.6) is 0 Å². The Hall–Kier alpha value is 0.0969. The van der Waals surface area contributed by atoms with Crippen LogP contribution < -0.4 is 0 Å². The van der Waals surface area contributed by atoms with E-state index < -0.39 is 8.72 Å². The number of rotatable bonds is 8. The molecule has 102 valence electrons. The number of piperidine rings is 1. The van der Waals surface area contributed by atoms with E-state index in [1.54, 1.807) is 0 Å². The normalized spacial score (nSPS) is 18.5. The van der Waals surface area contributed by atoms with E-state index in [9.17, 15) is 0 Å². The smallest absolute Gasteiger partial charge is 0.386 e. The zero-order valence-electron chi connectivity index (χ0n) is 11.8. The fourth-order valence-corrected chi connectivity index (χ4v) is 5.82. The van der Waals surface area contributed by atoms with Crippen molar-refractivity contribution < 1.29 is 8.85 Å². The molecule has 0 unspecified atom stereocenters. The summed E-state index contributed by atoms with van der Waals surface area (Å²) >= 11 is 0. The number of hydrogen-bond donors (Lipinski definition) is 0. The van der Waals surface area contributed by atoms with Gasteiger partial charge in [-0.25, -0.2) is 0 Å². The molecule has 4 heteroatoms. The van der Waals surface area contributed by atoms with Crippen molar-refractivity contribution in [1.29, 1.82) is 0 Å². The van der Waals surface area contributed by atoms with E-state index in [-0.39, 0.29) is 0 Å². The number of unbranched alkanes of at least 4 members (excludes halogenated alkanes) is 3. The fourth-order valence-electron chi connectivity index (χ4n) is 2.71. The van der Waals surface area contributed by atoms with Crippen molar-refractivity contribution in [3.8, 4) is 0 Å². The Kier molecular flexibility index (Phi) is 7.35. The lowest BCUT2D eigenvalue weighted by Crippen LogP contribution is -2.59. The lowest BCUT2D eigenvalue weighted by Gasteiger charge is -2.40. The lowest BCUT2D eigenvalue weighted by molar-refractivity contribution is 0.147. The molecule has 0 N–H and O–H groups in total. The van der Waals surface area contributed by atoms with Crippen LogP contribution in [0, 0.1) is 0 Å². The van der Waals surface area contributed by atoms with Gasteiger partial charge in [0.1, 0.15) is 0 Å². The second-order valence-electron chi connectivity index (χ2n) is 4.98. The molecule has 1 aliphatic heterocycles. The molecule has 1 rings (SSSR count). The predicted molar refractivity (Wildman–Crippen MR) is 74.1 cm³/mol. The molecule has 0 amide bonds. The molecule has 0 aromatic carbocycles. The van der Waals surface area contributed by atoms with Gasteiger partial charge in [-0.2, -0.15) is 0 Å². The Labute approximate surface area is 108 Å². The molecule has 0 aromatic rings. The molecule has 0 atom stereocenters. The number of nitrogens with zero attached hydrogens (tertiary/aromatic N) is 1. The third kappa shape index (κ3) is 4.36. The highest BCUT2D eigenvalue weighted by molar-refractivity contribution is 6.64. The molecular formula is C13H29NO2Si. The summed E-state index contributed by atoms with van der Waals surface area (Å²) < 4.78 is 14.2. The minimum absolute atomic E-state index is 1.12. The van der Waals surface area contributed by atoms with Gasteiger partial charge in [-0.3, -0.25) is 4.57 Å². The Balaban J connectivity index is 2.47. The van der Waals surface area contributed by atoms with Gasteiger partial charge in [-0.1, -0.05) is 32.6 Å². The first kappa shape index (κ1) is 15.2. The summed E-state index contributed by atoms with van der Waals surface area (Å²) in [7, 11) is 1.62. The highest BCUT2D eigenvalue weighted by atomic mass is 28.4. The molecule has 0 aromatic heterocycles. The highest BCUT2D eigenvalue weighted by Crippen LogP contribution is 2.25. The molecular weight excluding hydrogens is 230 g/mol. The van der Waals surface area contributed by atoms with Crippen LogP contribution in [0.25, 0.3) is 0 Å². The Morgan fingerprint density at radius 1 is 0.941 bits per heavy atom. The van der Waals surface area contributed by atoms with E-state index in [2.05, 4.69) is 11.5 Å². The Morgan fingerprint density at radius 2 is 1.59 bits per heavy atom. The summed E-state index contributed by atoms with van der Waals surface area (Å²) in [6, 6.07) is 1.12. The largest absolute Gasteiger partial charge is 0.427 e. The van der Waals surface area contributed by atoms with Crippen LogP contribution in [-0.2, 0) is 8.85 Å². The van der Waals surface area contributed by atoms with Gasteiger partial charge in [0.2, 0.25) is 0 Å². The summed E-state index contributed by atoms with van der Waals surface area (Å²) in [6.07, 6.45) is 9.15. The first-order chi connectivity index (χ1) is 8.29. The lowest BCUT2D eigenvalue weighted by atomic mass is 10.2. The second-order valence-corrected chi connectivity index (χ2v) is 8.35. The van der Waals surface area contributed by atoms with Crippen LogP contribution in [0.3, 0.4) is 0 Å². The molecule has 0 saturated carbocycles. The Morgan fingerprint density at radius 3 is 2.12 bits per heavy atom. The molecule has 0 aliphatic carbocycles. The van der Waals surface area contributed by atoms with Gasteiger partial charge in [-0.05, 0) is 32.4 Å². The monoisotopic (exact) mass is 259 g/mol. The molecule has 3 nitrogen and oxygen atoms in total. The van der Waals surface area contributed by atoms with Gasteiger partial charge in [0, 0.05) is 20.3 Å². The quantitative estimate of drug-likeness (QED) is 0.493. The van der Waals surface area contributed by atoms with Crippen molar-refractivity contribution in [2.75, 3.05) is 27.3 Å². The second kappa shape index (κ2) is 8.24. The van der Waals surface area contributed by atoms with Crippen LogP contribution in [0.2, 0.25) is 6.04 Å². The molecule has 17 heavy (non-hydrogen) atoms. The van der Waals surface area contributed by atoms with Gasteiger partial charge in [0.15, 0.2) is 0 Å². The van der Waals surface area contributed by atoms with Gasteiger partial charge in [0.25, 0.3) is 0 Å². The predicted octanol–water partition coefficient (Wildman–Crippen LogP) is 3.28. The van der Waals surface area contributed by atoms with Crippen molar-refractivity contribution in [3.63, 3.8) is 0 Å². The van der Waals surface area contributed by atoms with Gasteiger partial charge in [-0.15, -0.1) is 0 Å². The van der Waals surface area contributed by atoms with Crippen molar-refractivity contribution >= 4 is 8.72 Å². The van der Waals surface area contributed by atoms with E-state index in [1.807, 2.05) is 14.2 Å². The average molecular weight is 259 g/mol. The highest BCUT2D eigenvalue weighted by Gasteiger charge is 2.42. The topological polar surface area (TPSA) is 21.7 Å². The molecule has 1 heterocycles. The standard InChI is InChI=1S/C13H29NO2Si/c1-4-5-6-10-13-17(15-2,16-3)14-11-8-7-9-12-14/h4-13H2,1-3H3. The molecule has 0 radical (unpaired) electrons. The van der Waals surface area contributed by atoms with Gasteiger partial charge in [0.05, 0.1) is 0 Å². The van der Waals surface area contributed by atoms with Crippen molar-refractivity contribution in [1.82, 2.24) is 4.57 Å².